The molecule has 2 heterocycles. The van der Waals surface area contributed by atoms with Crippen molar-refractivity contribution < 1.29 is 22.8 Å². The van der Waals surface area contributed by atoms with Crippen LogP contribution in [0, 0.1) is 11.6 Å². The smallest absolute Gasteiger partial charge is 0.345 e. The number of para-hydroxylation sites is 2. The summed E-state index contributed by atoms with van der Waals surface area (Å²) in [6.07, 6.45) is 0. The standard InChI is InChI=1S/C19H10F2N2O4S/c20-11-5-3-6-12(21)15(11)22-19(26)23-17(24)14-8-10-16(28-14)9-4-1-2-7-13(9)27-18(10)25/h1-8H,(H2,22,23,24,26). The van der Waals surface area contributed by atoms with Crippen LogP contribution in [0.4, 0.5) is 19.3 Å². The molecule has 0 fully saturated rings. The van der Waals surface area contributed by atoms with E-state index in [1.807, 2.05) is 10.6 Å². The van der Waals surface area contributed by atoms with Crippen molar-refractivity contribution in [1.82, 2.24) is 5.32 Å². The molecule has 2 aromatic heterocycles. The number of amides is 3. The van der Waals surface area contributed by atoms with Crippen LogP contribution < -0.4 is 16.3 Å². The fraction of sp³-hybridized carbons (Fsp3) is 0. The Kier molecular flexibility index (Phi) is 4.36. The second-order valence-corrected chi connectivity index (χ2v) is 6.80. The monoisotopic (exact) mass is 400 g/mol. The highest BCUT2D eigenvalue weighted by Gasteiger charge is 2.19. The summed E-state index contributed by atoms with van der Waals surface area (Å²) >= 11 is 1.00. The number of anilines is 1. The molecule has 6 nitrogen and oxygen atoms in total. The van der Waals surface area contributed by atoms with Gasteiger partial charge < -0.3 is 9.73 Å². The van der Waals surface area contributed by atoms with Gasteiger partial charge in [0.15, 0.2) is 0 Å². The summed E-state index contributed by atoms with van der Waals surface area (Å²) in [6.45, 7) is 0. The first-order valence-electron chi connectivity index (χ1n) is 7.96. The van der Waals surface area contributed by atoms with Crippen LogP contribution in [0.3, 0.4) is 0 Å². The number of rotatable bonds is 2. The average Bonchev–Trinajstić information content (AvgIpc) is 3.11. The second-order valence-electron chi connectivity index (χ2n) is 5.74. The minimum absolute atomic E-state index is 0.0720. The van der Waals surface area contributed by atoms with Gasteiger partial charge in [-0.2, -0.15) is 0 Å². The van der Waals surface area contributed by atoms with Crippen LogP contribution in [0.5, 0.6) is 0 Å². The lowest BCUT2D eigenvalue weighted by Crippen LogP contribution is -2.34. The van der Waals surface area contributed by atoms with Gasteiger partial charge in [0, 0.05) is 5.39 Å². The van der Waals surface area contributed by atoms with Gasteiger partial charge in [-0.1, -0.05) is 18.2 Å². The fourth-order valence-corrected chi connectivity index (χ4v) is 3.75. The van der Waals surface area contributed by atoms with E-state index in [2.05, 4.69) is 0 Å². The Morgan fingerprint density at radius 2 is 1.68 bits per heavy atom. The van der Waals surface area contributed by atoms with E-state index in [1.165, 1.54) is 6.07 Å². The molecule has 4 aromatic rings. The number of imide groups is 1. The molecular weight excluding hydrogens is 390 g/mol. The first-order chi connectivity index (χ1) is 13.4. The van der Waals surface area contributed by atoms with Crippen molar-refractivity contribution in [2.45, 2.75) is 0 Å². The van der Waals surface area contributed by atoms with Crippen molar-refractivity contribution in [1.29, 1.82) is 0 Å². The maximum absolute atomic E-state index is 13.6. The highest BCUT2D eigenvalue weighted by atomic mass is 32.1. The molecule has 0 aliphatic rings. The van der Waals surface area contributed by atoms with Crippen LogP contribution in [-0.2, 0) is 0 Å². The zero-order valence-corrected chi connectivity index (χ0v) is 14.7. The highest BCUT2D eigenvalue weighted by molar-refractivity contribution is 7.21. The Morgan fingerprint density at radius 1 is 0.964 bits per heavy atom. The SMILES string of the molecule is O=C(NC(=O)c1cc2c(=O)oc3ccccc3c2s1)Nc1c(F)cccc1F. The summed E-state index contributed by atoms with van der Waals surface area (Å²) in [5.74, 6) is -2.78. The Balaban J connectivity index is 1.62. The molecule has 28 heavy (non-hydrogen) atoms. The predicted molar refractivity (Wildman–Crippen MR) is 101 cm³/mol. The second kappa shape index (κ2) is 6.86. The number of carbonyl (C=O) groups excluding carboxylic acids is 2. The molecule has 0 radical (unpaired) electrons. The van der Waals surface area contributed by atoms with Gasteiger partial charge in [-0.3, -0.25) is 10.1 Å². The molecule has 0 bridgehead atoms. The van der Waals surface area contributed by atoms with E-state index in [9.17, 15) is 23.2 Å². The molecule has 140 valence electrons. The van der Waals surface area contributed by atoms with Crippen molar-refractivity contribution in [3.05, 3.63) is 75.5 Å². The van der Waals surface area contributed by atoms with E-state index < -0.39 is 34.9 Å². The van der Waals surface area contributed by atoms with Gasteiger partial charge in [0.2, 0.25) is 0 Å². The minimum Gasteiger partial charge on any atom is -0.422 e. The summed E-state index contributed by atoms with van der Waals surface area (Å²) in [7, 11) is 0. The summed E-state index contributed by atoms with van der Waals surface area (Å²) in [5.41, 5.74) is -0.903. The lowest BCUT2D eigenvalue weighted by molar-refractivity contribution is 0.0971. The van der Waals surface area contributed by atoms with Crippen LogP contribution in [0.15, 0.2) is 57.7 Å². The lowest BCUT2D eigenvalue weighted by atomic mass is 10.2. The van der Waals surface area contributed by atoms with Crippen LogP contribution in [-0.4, -0.2) is 11.9 Å². The first-order valence-corrected chi connectivity index (χ1v) is 8.77. The molecule has 0 aliphatic heterocycles. The van der Waals surface area contributed by atoms with Gasteiger partial charge in [0.25, 0.3) is 5.91 Å². The van der Waals surface area contributed by atoms with Gasteiger partial charge >= 0.3 is 11.7 Å². The highest BCUT2D eigenvalue weighted by Crippen LogP contribution is 2.30. The number of hydrogen-bond acceptors (Lipinski definition) is 5. The quantitative estimate of drug-likeness (QED) is 0.493. The van der Waals surface area contributed by atoms with Gasteiger partial charge in [0.1, 0.15) is 22.9 Å². The van der Waals surface area contributed by atoms with Crippen molar-refractivity contribution in [2.75, 3.05) is 5.32 Å². The molecular formula is C19H10F2N2O4S. The summed E-state index contributed by atoms with van der Waals surface area (Å²) < 4.78 is 32.9. The number of nitrogens with one attached hydrogen (secondary N) is 2. The van der Waals surface area contributed by atoms with Crippen LogP contribution >= 0.6 is 11.3 Å². The molecule has 2 N–H and O–H groups in total. The number of urea groups is 1. The lowest BCUT2D eigenvalue weighted by Gasteiger charge is -2.07. The molecule has 2 aromatic carbocycles. The Morgan fingerprint density at radius 3 is 2.43 bits per heavy atom. The fourth-order valence-electron chi connectivity index (χ4n) is 2.68. The first kappa shape index (κ1) is 17.8. The average molecular weight is 400 g/mol. The largest absolute Gasteiger partial charge is 0.422 e. The third kappa shape index (κ3) is 3.12. The number of carbonyl (C=O) groups is 2. The minimum atomic E-state index is -1.11. The zero-order valence-electron chi connectivity index (χ0n) is 13.9. The van der Waals surface area contributed by atoms with Gasteiger partial charge in [-0.05, 0) is 30.3 Å². The predicted octanol–water partition coefficient (Wildman–Crippen LogP) is 4.25. The summed E-state index contributed by atoms with van der Waals surface area (Å²) in [4.78, 5) is 36.5. The molecule has 4 rings (SSSR count). The number of halogens is 2. The Bertz CT molecular complexity index is 1290. The number of benzene rings is 2. The van der Waals surface area contributed by atoms with E-state index in [4.69, 9.17) is 4.42 Å². The van der Waals surface area contributed by atoms with E-state index in [0.717, 1.165) is 29.5 Å². The zero-order chi connectivity index (χ0) is 19.8. The third-order valence-corrected chi connectivity index (χ3v) is 5.11. The Labute approximate surface area is 159 Å². The number of fused-ring (bicyclic) bond motifs is 3. The molecule has 3 amide bonds. The van der Waals surface area contributed by atoms with Crippen molar-refractivity contribution in [3.63, 3.8) is 0 Å². The van der Waals surface area contributed by atoms with E-state index in [-0.39, 0.29) is 10.3 Å². The van der Waals surface area contributed by atoms with E-state index in [0.29, 0.717) is 15.7 Å². The normalized spacial score (nSPS) is 10.9. The maximum Gasteiger partial charge on any atom is 0.345 e. The van der Waals surface area contributed by atoms with Crippen molar-refractivity contribution >= 4 is 50.0 Å². The van der Waals surface area contributed by atoms with Crippen LogP contribution in [0.1, 0.15) is 9.67 Å². The van der Waals surface area contributed by atoms with Crippen LogP contribution in [0.2, 0.25) is 0 Å². The molecule has 0 atom stereocenters. The molecule has 0 saturated heterocycles. The Hall–Kier alpha value is -3.59. The topological polar surface area (TPSA) is 88.4 Å². The van der Waals surface area contributed by atoms with Crippen molar-refractivity contribution in [3.8, 4) is 0 Å². The van der Waals surface area contributed by atoms with Gasteiger partial charge in [-0.25, -0.2) is 18.4 Å². The summed E-state index contributed by atoms with van der Waals surface area (Å²) in [6, 6.07) is 10.1. The van der Waals surface area contributed by atoms with Crippen molar-refractivity contribution in [2.24, 2.45) is 0 Å². The van der Waals surface area contributed by atoms with Crippen LogP contribution in [0.25, 0.3) is 21.1 Å². The third-order valence-electron chi connectivity index (χ3n) is 3.94. The van der Waals surface area contributed by atoms with E-state index >= 15 is 0 Å². The molecule has 0 aliphatic carbocycles. The van der Waals surface area contributed by atoms with E-state index in [1.54, 1.807) is 24.3 Å². The van der Waals surface area contributed by atoms with Gasteiger partial charge in [-0.15, -0.1) is 11.3 Å². The molecule has 0 saturated carbocycles. The number of thiophene rings is 1. The summed E-state index contributed by atoms with van der Waals surface area (Å²) in [5, 5.41) is 4.80. The van der Waals surface area contributed by atoms with Gasteiger partial charge in [0.05, 0.1) is 15.0 Å². The molecule has 0 spiro atoms. The number of hydrogen-bond donors (Lipinski definition) is 2. The molecule has 0 unspecified atom stereocenters. The maximum atomic E-state index is 13.6. The molecule has 9 heteroatoms.